The highest BCUT2D eigenvalue weighted by atomic mass is 35.5. The van der Waals surface area contributed by atoms with E-state index >= 15 is 0 Å². The molecule has 6 nitrogen and oxygen atoms in total. The predicted molar refractivity (Wildman–Crippen MR) is 137 cm³/mol. The van der Waals surface area contributed by atoms with Crippen LogP contribution in [-0.4, -0.2) is 25.0 Å². The number of amides is 1. The second-order valence-corrected chi connectivity index (χ2v) is 8.49. The molecule has 7 heteroatoms. The number of esters is 1. The molecule has 0 spiro atoms. The maximum Gasteiger partial charge on any atom is 0.338 e. The first-order valence-electron chi connectivity index (χ1n) is 11.5. The highest BCUT2D eigenvalue weighted by Gasteiger charge is 2.17. The Hall–Kier alpha value is -3.66. The minimum absolute atomic E-state index is 0.124. The molecule has 3 aromatic carbocycles. The van der Waals surface area contributed by atoms with Gasteiger partial charge in [0.15, 0.2) is 0 Å². The Morgan fingerprint density at radius 2 is 1.63 bits per heavy atom. The lowest BCUT2D eigenvalue weighted by Gasteiger charge is -2.24. The highest BCUT2D eigenvalue weighted by molar-refractivity contribution is 6.30. The largest absolute Gasteiger partial charge is 0.462 e. The van der Waals surface area contributed by atoms with Gasteiger partial charge in [0, 0.05) is 17.3 Å². The summed E-state index contributed by atoms with van der Waals surface area (Å²) in [5, 5.41) is 12.9. The maximum atomic E-state index is 13.2. The number of halogens is 1. The van der Waals surface area contributed by atoms with E-state index in [-0.39, 0.29) is 18.4 Å². The van der Waals surface area contributed by atoms with Gasteiger partial charge in [0.05, 0.1) is 36.9 Å². The average molecular weight is 490 g/mol. The van der Waals surface area contributed by atoms with Gasteiger partial charge in [-0.05, 0) is 66.1 Å². The van der Waals surface area contributed by atoms with Gasteiger partial charge in [-0.3, -0.25) is 4.79 Å². The van der Waals surface area contributed by atoms with Crippen molar-refractivity contribution >= 4 is 29.2 Å². The zero-order valence-corrected chi connectivity index (χ0v) is 20.4. The summed E-state index contributed by atoms with van der Waals surface area (Å²) in [6.07, 6.45) is 1.77. The second kappa shape index (κ2) is 13.3. The molecule has 180 valence electrons. The van der Waals surface area contributed by atoms with E-state index in [1.54, 1.807) is 41.3 Å². The van der Waals surface area contributed by atoms with Crippen molar-refractivity contribution in [2.75, 3.05) is 18.1 Å². The van der Waals surface area contributed by atoms with Crippen LogP contribution in [0.5, 0.6) is 0 Å². The molecule has 3 aromatic rings. The van der Waals surface area contributed by atoms with E-state index in [1.165, 1.54) is 0 Å². The standard InChI is InChI=1S/C28H28ClN3O3/c1-2-3-16-35-28(34)24-10-14-26(15-11-24)32(20-23-6-4-21(17-30)5-7-23)27(33)19-31-18-22-8-12-25(29)13-9-22/h4-15,31H,2-3,16,18-20H2,1H3. The van der Waals surface area contributed by atoms with Gasteiger partial charge in [0.25, 0.3) is 0 Å². The molecule has 0 aliphatic heterocycles. The molecule has 0 radical (unpaired) electrons. The van der Waals surface area contributed by atoms with Crippen LogP contribution in [0, 0.1) is 11.3 Å². The molecule has 0 atom stereocenters. The van der Waals surface area contributed by atoms with Gasteiger partial charge in [0.1, 0.15) is 0 Å². The molecule has 0 heterocycles. The Morgan fingerprint density at radius 3 is 2.26 bits per heavy atom. The fourth-order valence-corrected chi connectivity index (χ4v) is 3.50. The quantitative estimate of drug-likeness (QED) is 0.284. The Kier molecular flexibility index (Phi) is 9.85. The Labute approximate surface area is 211 Å². The molecule has 3 rings (SSSR count). The van der Waals surface area contributed by atoms with Crippen molar-refractivity contribution in [3.63, 3.8) is 0 Å². The lowest BCUT2D eigenvalue weighted by molar-refractivity contribution is -0.118. The Balaban J connectivity index is 1.72. The van der Waals surface area contributed by atoms with Crippen molar-refractivity contribution in [3.05, 3.63) is 100 Å². The normalized spacial score (nSPS) is 10.4. The fourth-order valence-electron chi connectivity index (χ4n) is 3.37. The van der Waals surface area contributed by atoms with Crippen molar-refractivity contribution in [1.82, 2.24) is 5.32 Å². The number of benzene rings is 3. The summed E-state index contributed by atoms with van der Waals surface area (Å²) in [6, 6.07) is 23.5. The topological polar surface area (TPSA) is 82.4 Å². The molecule has 0 aromatic heterocycles. The molecule has 35 heavy (non-hydrogen) atoms. The molecule has 1 N–H and O–H groups in total. The van der Waals surface area contributed by atoms with Crippen LogP contribution in [0.15, 0.2) is 72.8 Å². The number of ether oxygens (including phenoxy) is 1. The van der Waals surface area contributed by atoms with Gasteiger partial charge in [-0.2, -0.15) is 5.26 Å². The summed E-state index contributed by atoms with van der Waals surface area (Å²) in [5.74, 6) is -0.499. The molecular weight excluding hydrogens is 462 g/mol. The summed E-state index contributed by atoms with van der Waals surface area (Å²) in [6.45, 7) is 3.40. The monoisotopic (exact) mass is 489 g/mol. The molecule has 0 fully saturated rings. The summed E-state index contributed by atoms with van der Waals surface area (Å²) < 4.78 is 5.27. The number of nitrogens with zero attached hydrogens (tertiary/aromatic N) is 2. The van der Waals surface area contributed by atoms with Gasteiger partial charge in [0.2, 0.25) is 5.91 Å². The summed E-state index contributed by atoms with van der Waals surface area (Å²) in [4.78, 5) is 27.1. The minimum atomic E-state index is -0.375. The maximum absolute atomic E-state index is 13.2. The van der Waals surface area contributed by atoms with Gasteiger partial charge in [-0.25, -0.2) is 4.79 Å². The van der Waals surface area contributed by atoms with E-state index in [4.69, 9.17) is 21.6 Å². The lowest BCUT2D eigenvalue weighted by atomic mass is 10.1. The number of carbonyl (C=O) groups is 2. The van der Waals surface area contributed by atoms with E-state index in [0.717, 1.165) is 24.0 Å². The van der Waals surface area contributed by atoms with Crippen molar-refractivity contribution < 1.29 is 14.3 Å². The van der Waals surface area contributed by atoms with Crippen LogP contribution in [0.25, 0.3) is 0 Å². The van der Waals surface area contributed by atoms with Gasteiger partial charge >= 0.3 is 5.97 Å². The molecule has 0 unspecified atom stereocenters. The minimum Gasteiger partial charge on any atom is -0.462 e. The lowest BCUT2D eigenvalue weighted by Crippen LogP contribution is -2.37. The first-order valence-corrected chi connectivity index (χ1v) is 11.9. The molecule has 0 saturated heterocycles. The zero-order valence-electron chi connectivity index (χ0n) is 19.7. The predicted octanol–water partition coefficient (Wildman–Crippen LogP) is 5.49. The number of hydrogen-bond donors (Lipinski definition) is 1. The zero-order chi connectivity index (χ0) is 25.0. The average Bonchev–Trinajstić information content (AvgIpc) is 2.89. The smallest absolute Gasteiger partial charge is 0.338 e. The van der Waals surface area contributed by atoms with E-state index in [9.17, 15) is 9.59 Å². The number of rotatable bonds is 11. The van der Waals surface area contributed by atoms with E-state index in [2.05, 4.69) is 11.4 Å². The number of carbonyl (C=O) groups excluding carboxylic acids is 2. The van der Waals surface area contributed by atoms with Crippen molar-refractivity contribution in [3.8, 4) is 6.07 Å². The first-order chi connectivity index (χ1) is 17.0. The van der Waals surface area contributed by atoms with Crippen LogP contribution in [0.2, 0.25) is 5.02 Å². The van der Waals surface area contributed by atoms with Gasteiger partial charge in [-0.15, -0.1) is 0 Å². The summed E-state index contributed by atoms with van der Waals surface area (Å²) in [5.41, 5.74) is 3.57. The summed E-state index contributed by atoms with van der Waals surface area (Å²) >= 11 is 5.94. The van der Waals surface area contributed by atoms with Crippen LogP contribution in [-0.2, 0) is 22.6 Å². The second-order valence-electron chi connectivity index (χ2n) is 8.05. The third-order valence-corrected chi connectivity index (χ3v) is 5.64. The van der Waals surface area contributed by atoms with Crippen molar-refractivity contribution in [2.45, 2.75) is 32.9 Å². The molecule has 0 bridgehead atoms. The van der Waals surface area contributed by atoms with Crippen LogP contribution < -0.4 is 10.2 Å². The SMILES string of the molecule is CCCCOC(=O)c1ccc(N(Cc2ccc(C#N)cc2)C(=O)CNCc2ccc(Cl)cc2)cc1. The van der Waals surface area contributed by atoms with E-state index in [0.29, 0.717) is 41.5 Å². The molecule has 0 aliphatic carbocycles. The number of hydrogen-bond acceptors (Lipinski definition) is 5. The van der Waals surface area contributed by atoms with Crippen molar-refractivity contribution in [1.29, 1.82) is 5.26 Å². The summed E-state index contributed by atoms with van der Waals surface area (Å²) in [7, 11) is 0. The van der Waals surface area contributed by atoms with Crippen LogP contribution in [0.3, 0.4) is 0 Å². The Morgan fingerprint density at radius 1 is 0.971 bits per heavy atom. The molecule has 0 aliphatic rings. The van der Waals surface area contributed by atoms with Crippen molar-refractivity contribution in [2.24, 2.45) is 0 Å². The van der Waals surface area contributed by atoms with E-state index < -0.39 is 0 Å². The first kappa shape index (κ1) is 26.0. The van der Waals surface area contributed by atoms with Crippen LogP contribution >= 0.6 is 11.6 Å². The molecule has 1 amide bonds. The number of anilines is 1. The number of nitriles is 1. The van der Waals surface area contributed by atoms with Gasteiger partial charge in [-0.1, -0.05) is 49.2 Å². The van der Waals surface area contributed by atoms with E-state index in [1.807, 2.05) is 43.3 Å². The molecular formula is C28H28ClN3O3. The third kappa shape index (κ3) is 7.96. The van der Waals surface area contributed by atoms with Gasteiger partial charge < -0.3 is 15.0 Å². The highest BCUT2D eigenvalue weighted by Crippen LogP contribution is 2.20. The van der Waals surface area contributed by atoms with Crippen LogP contribution in [0.4, 0.5) is 5.69 Å². The third-order valence-electron chi connectivity index (χ3n) is 5.39. The number of nitrogens with one attached hydrogen (secondary N) is 1. The Bertz CT molecular complexity index is 1150. The van der Waals surface area contributed by atoms with Crippen LogP contribution in [0.1, 0.15) is 46.8 Å². The fraction of sp³-hybridized carbons (Fsp3) is 0.250. The molecule has 0 saturated carbocycles. The number of unbranched alkanes of at least 4 members (excludes halogenated alkanes) is 1.